The molecule has 0 saturated heterocycles. The van der Waals surface area contributed by atoms with Gasteiger partial charge in [0.15, 0.2) is 6.67 Å². The molecule has 0 saturated carbocycles. The van der Waals surface area contributed by atoms with E-state index in [1.807, 2.05) is 0 Å². The van der Waals surface area contributed by atoms with Gasteiger partial charge in [-0.15, -0.1) is 0 Å². The zero-order valence-corrected chi connectivity index (χ0v) is 11.2. The lowest BCUT2D eigenvalue weighted by molar-refractivity contribution is -0.912. The molecule has 0 radical (unpaired) electrons. The third-order valence-corrected chi connectivity index (χ3v) is 3.57. The molecule has 2 rings (SSSR count). The predicted octanol–water partition coefficient (Wildman–Crippen LogP) is -1.35. The minimum Gasteiger partial charge on any atom is -0.324 e. The SMILES string of the molecule is CCCC[NH+]1CNc2c(c(=O)n(C)c(=O)n2C)C1. The molecule has 100 valence electrons. The maximum atomic E-state index is 12.1. The van der Waals surface area contributed by atoms with E-state index in [9.17, 15) is 9.59 Å². The van der Waals surface area contributed by atoms with E-state index in [1.165, 1.54) is 21.1 Å². The molecule has 6 nitrogen and oxygen atoms in total. The Kier molecular flexibility index (Phi) is 3.56. The summed E-state index contributed by atoms with van der Waals surface area (Å²) < 4.78 is 2.70. The molecule has 2 heterocycles. The average Bonchev–Trinajstić information content (AvgIpc) is 2.40. The van der Waals surface area contributed by atoms with E-state index in [1.54, 1.807) is 7.05 Å². The first-order valence-electron chi connectivity index (χ1n) is 6.42. The monoisotopic (exact) mass is 253 g/mol. The van der Waals surface area contributed by atoms with Gasteiger partial charge >= 0.3 is 5.69 Å². The fraction of sp³-hybridized carbons (Fsp3) is 0.667. The first-order chi connectivity index (χ1) is 8.56. The van der Waals surface area contributed by atoms with Crippen molar-refractivity contribution in [1.29, 1.82) is 0 Å². The molecule has 0 amide bonds. The standard InChI is InChI=1S/C12H20N4O2/c1-4-5-6-16-7-9-10(13-8-16)14(2)12(18)15(3)11(9)17/h13H,4-8H2,1-3H3/p+1. The van der Waals surface area contributed by atoms with Crippen LogP contribution in [0.1, 0.15) is 25.3 Å². The Morgan fingerprint density at radius 2 is 2.00 bits per heavy atom. The highest BCUT2D eigenvalue weighted by molar-refractivity contribution is 5.43. The van der Waals surface area contributed by atoms with Crippen molar-refractivity contribution in [3.8, 4) is 0 Å². The van der Waals surface area contributed by atoms with E-state index < -0.39 is 0 Å². The largest absolute Gasteiger partial charge is 0.332 e. The summed E-state index contributed by atoms with van der Waals surface area (Å²) in [6.07, 6.45) is 2.31. The maximum Gasteiger partial charge on any atom is 0.332 e. The normalized spacial score (nSPS) is 18.3. The van der Waals surface area contributed by atoms with Crippen LogP contribution in [-0.4, -0.2) is 22.3 Å². The molecule has 1 aromatic rings. The highest BCUT2D eigenvalue weighted by Crippen LogP contribution is 2.08. The number of nitrogens with zero attached hydrogens (tertiary/aromatic N) is 2. The van der Waals surface area contributed by atoms with Crippen molar-refractivity contribution in [3.63, 3.8) is 0 Å². The Balaban J connectivity index is 2.38. The van der Waals surface area contributed by atoms with Crippen LogP contribution in [0.4, 0.5) is 5.82 Å². The molecule has 6 heteroatoms. The van der Waals surface area contributed by atoms with Gasteiger partial charge in [0.25, 0.3) is 5.56 Å². The van der Waals surface area contributed by atoms with Crippen LogP contribution in [0.5, 0.6) is 0 Å². The van der Waals surface area contributed by atoms with Crippen LogP contribution >= 0.6 is 0 Å². The molecule has 0 bridgehead atoms. The molecule has 1 unspecified atom stereocenters. The highest BCUT2D eigenvalue weighted by atomic mass is 16.2. The van der Waals surface area contributed by atoms with Gasteiger partial charge in [0.05, 0.1) is 6.54 Å². The third kappa shape index (κ3) is 2.08. The molecule has 1 aromatic heterocycles. The average molecular weight is 253 g/mol. The molecule has 1 atom stereocenters. The summed E-state index contributed by atoms with van der Waals surface area (Å²) in [4.78, 5) is 25.2. The summed E-state index contributed by atoms with van der Waals surface area (Å²) >= 11 is 0. The lowest BCUT2D eigenvalue weighted by atomic mass is 10.2. The number of nitrogens with one attached hydrogen (secondary N) is 2. The van der Waals surface area contributed by atoms with E-state index in [-0.39, 0.29) is 11.2 Å². The summed E-state index contributed by atoms with van der Waals surface area (Å²) in [5.41, 5.74) is 0.273. The van der Waals surface area contributed by atoms with Gasteiger partial charge in [-0.1, -0.05) is 13.3 Å². The van der Waals surface area contributed by atoms with Crippen LogP contribution in [0, 0.1) is 0 Å². The fourth-order valence-electron chi connectivity index (χ4n) is 2.42. The Morgan fingerprint density at radius 1 is 1.28 bits per heavy atom. The minimum absolute atomic E-state index is 0.172. The first kappa shape index (κ1) is 12.9. The Labute approximate surface area is 106 Å². The molecule has 0 fully saturated rings. The summed E-state index contributed by atoms with van der Waals surface area (Å²) in [7, 11) is 3.23. The van der Waals surface area contributed by atoms with Crippen molar-refractivity contribution in [3.05, 3.63) is 26.4 Å². The number of aromatic nitrogens is 2. The van der Waals surface area contributed by atoms with Crippen molar-refractivity contribution >= 4 is 5.82 Å². The summed E-state index contributed by atoms with van der Waals surface area (Å²) in [5, 5.41) is 3.21. The Bertz CT molecular complexity index is 558. The lowest BCUT2D eigenvalue weighted by Crippen LogP contribution is -3.12. The number of unbranched alkanes of at least 4 members (excludes halogenated alkanes) is 1. The Hall–Kier alpha value is -1.56. The molecular formula is C12H21N4O2+. The topological polar surface area (TPSA) is 60.5 Å². The van der Waals surface area contributed by atoms with Crippen LogP contribution in [0.25, 0.3) is 0 Å². The van der Waals surface area contributed by atoms with Gasteiger partial charge in [-0.05, 0) is 6.42 Å². The predicted molar refractivity (Wildman–Crippen MR) is 69.9 cm³/mol. The van der Waals surface area contributed by atoms with Crippen LogP contribution in [0.3, 0.4) is 0 Å². The van der Waals surface area contributed by atoms with Gasteiger partial charge < -0.3 is 10.2 Å². The van der Waals surface area contributed by atoms with Gasteiger partial charge in [0, 0.05) is 14.1 Å². The molecule has 1 aliphatic heterocycles. The van der Waals surface area contributed by atoms with Crippen LogP contribution in [-0.2, 0) is 20.6 Å². The summed E-state index contributed by atoms with van der Waals surface area (Å²) in [5.74, 6) is 0.684. The van der Waals surface area contributed by atoms with Crippen molar-refractivity contribution in [2.24, 2.45) is 14.1 Å². The van der Waals surface area contributed by atoms with Gasteiger partial charge in [-0.2, -0.15) is 0 Å². The number of hydrogen-bond acceptors (Lipinski definition) is 3. The fourth-order valence-corrected chi connectivity index (χ4v) is 2.42. The number of fused-ring (bicyclic) bond motifs is 1. The van der Waals surface area contributed by atoms with Gasteiger partial charge in [-0.3, -0.25) is 13.9 Å². The minimum atomic E-state index is -0.275. The smallest absolute Gasteiger partial charge is 0.324 e. The van der Waals surface area contributed by atoms with Crippen LogP contribution in [0.2, 0.25) is 0 Å². The van der Waals surface area contributed by atoms with Gasteiger partial charge in [0.1, 0.15) is 17.9 Å². The third-order valence-electron chi connectivity index (χ3n) is 3.57. The molecule has 0 aromatic carbocycles. The Morgan fingerprint density at radius 3 is 2.67 bits per heavy atom. The number of hydrogen-bond donors (Lipinski definition) is 2. The number of rotatable bonds is 3. The molecule has 18 heavy (non-hydrogen) atoms. The van der Waals surface area contributed by atoms with E-state index in [0.29, 0.717) is 12.4 Å². The van der Waals surface area contributed by atoms with Crippen molar-refractivity contribution in [1.82, 2.24) is 9.13 Å². The molecule has 1 aliphatic rings. The van der Waals surface area contributed by atoms with E-state index in [0.717, 1.165) is 31.6 Å². The second-order valence-corrected chi connectivity index (χ2v) is 4.92. The molecule has 0 aliphatic carbocycles. The molecule has 2 N–H and O–H groups in total. The molecular weight excluding hydrogens is 232 g/mol. The van der Waals surface area contributed by atoms with Crippen molar-refractivity contribution in [2.45, 2.75) is 26.3 Å². The maximum absolute atomic E-state index is 12.1. The van der Waals surface area contributed by atoms with Crippen LogP contribution < -0.4 is 21.5 Å². The number of quaternary nitrogens is 1. The van der Waals surface area contributed by atoms with Gasteiger partial charge in [0.2, 0.25) is 0 Å². The van der Waals surface area contributed by atoms with Crippen LogP contribution in [0.15, 0.2) is 9.59 Å². The van der Waals surface area contributed by atoms with E-state index in [2.05, 4.69) is 12.2 Å². The van der Waals surface area contributed by atoms with Crippen molar-refractivity contribution in [2.75, 3.05) is 18.5 Å². The lowest BCUT2D eigenvalue weighted by Gasteiger charge is -2.27. The summed E-state index contributed by atoms with van der Waals surface area (Å²) in [6, 6.07) is 0. The molecule has 0 spiro atoms. The second-order valence-electron chi connectivity index (χ2n) is 4.92. The first-order valence-corrected chi connectivity index (χ1v) is 6.42. The zero-order valence-electron chi connectivity index (χ0n) is 11.2. The zero-order chi connectivity index (χ0) is 13.3. The number of anilines is 1. The van der Waals surface area contributed by atoms with Crippen molar-refractivity contribution < 1.29 is 4.90 Å². The highest BCUT2D eigenvalue weighted by Gasteiger charge is 2.24. The quantitative estimate of drug-likeness (QED) is 0.700. The second kappa shape index (κ2) is 4.97. The van der Waals surface area contributed by atoms with E-state index in [4.69, 9.17) is 0 Å². The summed E-state index contributed by atoms with van der Waals surface area (Å²) in [6.45, 7) is 4.68. The van der Waals surface area contributed by atoms with E-state index >= 15 is 0 Å². The van der Waals surface area contributed by atoms with Gasteiger partial charge in [-0.25, -0.2) is 4.79 Å².